The number of nitrogens with one attached hydrogen (secondary N) is 1. The molecule has 2 N–H and O–H groups in total. The molecule has 74 valence electrons. The van der Waals surface area contributed by atoms with E-state index in [1.165, 1.54) is 0 Å². The Morgan fingerprint density at radius 1 is 1.38 bits per heavy atom. The third-order valence-electron chi connectivity index (χ3n) is 1.59. The van der Waals surface area contributed by atoms with Crippen LogP contribution in [0.25, 0.3) is 0 Å². The Hall–Kier alpha value is -1.04. The molecule has 1 amide bonds. The molecular formula is C7H11NO4S. The largest absolute Gasteiger partial charge is 0.479 e. The van der Waals surface area contributed by atoms with E-state index in [-0.39, 0.29) is 5.75 Å². The fraction of sp³-hybridized carbons (Fsp3) is 0.571. The Morgan fingerprint density at radius 2 is 1.85 bits per heavy atom. The summed E-state index contributed by atoms with van der Waals surface area (Å²) in [5, 5.41) is 10.8. The first-order valence-corrected chi connectivity index (χ1v) is 4.14. The van der Waals surface area contributed by atoms with Gasteiger partial charge in [0.05, 0.1) is 0 Å². The molecular weight excluding hydrogens is 194 g/mol. The number of hydrogen-bond donors (Lipinski definition) is 3. The summed E-state index contributed by atoms with van der Waals surface area (Å²) in [4.78, 5) is 32.4. The number of carboxylic acid groups (broad SMARTS) is 1. The van der Waals surface area contributed by atoms with E-state index in [0.29, 0.717) is 0 Å². The molecule has 6 heteroatoms. The van der Waals surface area contributed by atoms with Crippen molar-refractivity contribution < 1.29 is 19.5 Å². The van der Waals surface area contributed by atoms with Gasteiger partial charge in [-0.2, -0.15) is 12.6 Å². The minimum Gasteiger partial charge on any atom is -0.479 e. The van der Waals surface area contributed by atoms with Crippen LogP contribution in [-0.4, -0.2) is 34.1 Å². The van der Waals surface area contributed by atoms with E-state index >= 15 is 0 Å². The summed E-state index contributed by atoms with van der Waals surface area (Å²) in [7, 11) is 0. The Labute approximate surface area is 80.9 Å². The molecule has 5 nitrogen and oxygen atoms in total. The van der Waals surface area contributed by atoms with E-state index < -0.39 is 23.2 Å². The number of amides is 1. The van der Waals surface area contributed by atoms with Crippen molar-refractivity contribution in [1.82, 2.24) is 5.32 Å². The van der Waals surface area contributed by atoms with Crippen molar-refractivity contribution in [3.05, 3.63) is 0 Å². The van der Waals surface area contributed by atoms with Crippen molar-refractivity contribution in [2.75, 3.05) is 5.75 Å². The van der Waals surface area contributed by atoms with Gasteiger partial charge in [-0.05, 0) is 6.92 Å². The van der Waals surface area contributed by atoms with Crippen LogP contribution in [0.4, 0.5) is 0 Å². The van der Waals surface area contributed by atoms with Crippen molar-refractivity contribution in [3.63, 3.8) is 0 Å². The van der Waals surface area contributed by atoms with Gasteiger partial charge in [0, 0.05) is 12.7 Å². The molecule has 0 rings (SSSR count). The maximum Gasteiger partial charge on any atom is 0.338 e. The van der Waals surface area contributed by atoms with Crippen molar-refractivity contribution in [2.24, 2.45) is 0 Å². The topological polar surface area (TPSA) is 83.5 Å². The molecule has 13 heavy (non-hydrogen) atoms. The Balaban J connectivity index is 4.98. The second kappa shape index (κ2) is 4.27. The molecule has 0 saturated heterocycles. The number of hydrogen-bond acceptors (Lipinski definition) is 4. The average molecular weight is 205 g/mol. The second-order valence-corrected chi connectivity index (χ2v) is 2.92. The van der Waals surface area contributed by atoms with E-state index in [9.17, 15) is 14.4 Å². The maximum absolute atomic E-state index is 11.0. The van der Waals surface area contributed by atoms with Crippen molar-refractivity contribution >= 4 is 30.3 Å². The van der Waals surface area contributed by atoms with Crippen LogP contribution >= 0.6 is 12.6 Å². The molecule has 0 fully saturated rings. The highest BCUT2D eigenvalue weighted by Gasteiger charge is 2.43. The van der Waals surface area contributed by atoms with Crippen molar-refractivity contribution in [2.45, 2.75) is 19.4 Å². The van der Waals surface area contributed by atoms with Gasteiger partial charge in [-0.3, -0.25) is 9.59 Å². The number of thiol groups is 1. The minimum atomic E-state index is -1.89. The van der Waals surface area contributed by atoms with Gasteiger partial charge in [-0.1, -0.05) is 0 Å². The molecule has 1 atom stereocenters. The summed E-state index contributed by atoms with van der Waals surface area (Å²) in [6, 6.07) is 0. The van der Waals surface area contributed by atoms with E-state index in [4.69, 9.17) is 5.11 Å². The van der Waals surface area contributed by atoms with Crippen LogP contribution in [0.1, 0.15) is 13.8 Å². The molecule has 0 spiro atoms. The highest BCUT2D eigenvalue weighted by molar-refractivity contribution is 7.80. The van der Waals surface area contributed by atoms with Crippen molar-refractivity contribution in [3.8, 4) is 0 Å². The van der Waals surface area contributed by atoms with E-state index in [2.05, 4.69) is 17.9 Å². The molecule has 0 unspecified atom stereocenters. The van der Waals surface area contributed by atoms with Gasteiger partial charge in [0.2, 0.25) is 11.4 Å². The third-order valence-corrected chi connectivity index (χ3v) is 2.07. The van der Waals surface area contributed by atoms with Gasteiger partial charge < -0.3 is 10.4 Å². The predicted octanol–water partition coefficient (Wildman–Crippen LogP) is -0.535. The molecule has 0 heterocycles. The lowest BCUT2D eigenvalue weighted by Crippen LogP contribution is -2.60. The summed E-state index contributed by atoms with van der Waals surface area (Å²) >= 11 is 3.74. The molecule has 0 aliphatic carbocycles. The summed E-state index contributed by atoms with van der Waals surface area (Å²) in [6.45, 7) is 2.24. The molecule has 0 aromatic heterocycles. The first kappa shape index (κ1) is 12.0. The van der Waals surface area contributed by atoms with Crippen LogP contribution in [0.3, 0.4) is 0 Å². The normalized spacial score (nSPS) is 14.4. The second-order valence-electron chi connectivity index (χ2n) is 2.61. The molecule has 0 aromatic carbocycles. The van der Waals surface area contributed by atoms with Gasteiger partial charge in [0.25, 0.3) is 0 Å². The molecule has 0 aliphatic rings. The molecule has 0 aliphatic heterocycles. The fourth-order valence-corrected chi connectivity index (χ4v) is 1.25. The first-order valence-electron chi connectivity index (χ1n) is 3.51. The number of carbonyl (C=O) groups excluding carboxylic acids is 2. The number of ketones is 1. The number of carboxylic acids is 1. The standard InChI is InChI=1S/C7H11NO4S/c1-4(9)7(3-13,6(11)12)8-5(2)10/h13H,3H2,1-2H3,(H,8,10)(H,11,12)/t7-/m1/s1. The molecule has 0 bridgehead atoms. The summed E-state index contributed by atoms with van der Waals surface area (Å²) in [6.07, 6.45) is 0. The highest BCUT2D eigenvalue weighted by atomic mass is 32.1. The van der Waals surface area contributed by atoms with Crippen LogP contribution in [-0.2, 0) is 14.4 Å². The number of carbonyl (C=O) groups is 3. The lowest BCUT2D eigenvalue weighted by molar-refractivity contribution is -0.150. The minimum absolute atomic E-state index is 0.267. The Morgan fingerprint density at radius 3 is 1.92 bits per heavy atom. The van der Waals surface area contributed by atoms with Crippen LogP contribution in [0.15, 0.2) is 0 Å². The van der Waals surface area contributed by atoms with Crippen LogP contribution in [0.2, 0.25) is 0 Å². The predicted molar refractivity (Wildman–Crippen MR) is 48.7 cm³/mol. The SMILES string of the molecule is CC(=O)N[C@](CS)(C(C)=O)C(=O)O. The molecule has 0 aromatic rings. The zero-order valence-electron chi connectivity index (χ0n) is 7.33. The number of aliphatic carboxylic acids is 1. The Kier molecular flexibility index (Phi) is 3.93. The average Bonchev–Trinajstić information content (AvgIpc) is 1.98. The molecule has 0 saturated carbocycles. The van der Waals surface area contributed by atoms with E-state index in [0.717, 1.165) is 13.8 Å². The summed E-state index contributed by atoms with van der Waals surface area (Å²) < 4.78 is 0. The third kappa shape index (κ3) is 2.45. The van der Waals surface area contributed by atoms with Crippen molar-refractivity contribution in [1.29, 1.82) is 0 Å². The highest BCUT2D eigenvalue weighted by Crippen LogP contribution is 2.09. The van der Waals surface area contributed by atoms with Gasteiger partial charge >= 0.3 is 5.97 Å². The number of rotatable bonds is 4. The van der Waals surface area contributed by atoms with Crippen LogP contribution in [0.5, 0.6) is 0 Å². The van der Waals surface area contributed by atoms with Gasteiger partial charge in [-0.25, -0.2) is 4.79 Å². The van der Waals surface area contributed by atoms with E-state index in [1.807, 2.05) is 0 Å². The lowest BCUT2D eigenvalue weighted by atomic mass is 9.97. The lowest BCUT2D eigenvalue weighted by Gasteiger charge is -2.24. The summed E-state index contributed by atoms with van der Waals surface area (Å²) in [5.74, 6) is -2.89. The molecule has 0 radical (unpaired) electrons. The first-order chi connectivity index (χ1) is 5.86. The van der Waals surface area contributed by atoms with E-state index in [1.54, 1.807) is 0 Å². The zero-order chi connectivity index (χ0) is 10.6. The maximum atomic E-state index is 11.0. The summed E-state index contributed by atoms with van der Waals surface area (Å²) in [5.41, 5.74) is -1.89. The quantitative estimate of drug-likeness (QED) is 0.425. The Bertz CT molecular complexity index is 237. The number of Topliss-reactive ketones (excluding diaryl/α,β-unsaturated/α-hetero) is 1. The monoisotopic (exact) mass is 205 g/mol. The van der Waals surface area contributed by atoms with Crippen LogP contribution in [0, 0.1) is 0 Å². The smallest absolute Gasteiger partial charge is 0.338 e. The van der Waals surface area contributed by atoms with Gasteiger partial charge in [0.1, 0.15) is 0 Å². The van der Waals surface area contributed by atoms with Gasteiger partial charge in [0.15, 0.2) is 5.78 Å². The fourth-order valence-electron chi connectivity index (χ4n) is 0.811. The van der Waals surface area contributed by atoms with Crippen LogP contribution < -0.4 is 5.32 Å². The van der Waals surface area contributed by atoms with Gasteiger partial charge in [-0.15, -0.1) is 0 Å². The zero-order valence-corrected chi connectivity index (χ0v) is 8.22.